The number of ketones is 1. The maximum Gasteiger partial charge on any atom is 0.268 e. The van der Waals surface area contributed by atoms with Gasteiger partial charge in [-0.25, -0.2) is 0 Å². The zero-order valence-corrected chi connectivity index (χ0v) is 10.9. The molecular weight excluding hydrogens is 240 g/mol. The van der Waals surface area contributed by atoms with Gasteiger partial charge in [0, 0.05) is 11.8 Å². The molecule has 0 saturated carbocycles. The standard InChI is InChI=1S/C15H16N2O2/c1-10(12-6-4-3-5-7-12)17-15(19)14-8-13(9-16-14)11(2)18/h3-10,16H,1-2H3,(H,17,19)/t10-/m0/s1. The second-order valence-electron chi connectivity index (χ2n) is 4.46. The molecule has 0 fully saturated rings. The number of rotatable bonds is 4. The molecule has 0 aliphatic rings. The molecule has 1 amide bonds. The van der Waals surface area contributed by atoms with E-state index < -0.39 is 0 Å². The van der Waals surface area contributed by atoms with E-state index in [0.29, 0.717) is 11.3 Å². The highest BCUT2D eigenvalue weighted by molar-refractivity contribution is 5.99. The average Bonchev–Trinajstić information content (AvgIpc) is 2.89. The van der Waals surface area contributed by atoms with Gasteiger partial charge in [0.05, 0.1) is 6.04 Å². The van der Waals surface area contributed by atoms with Crippen molar-refractivity contribution in [3.05, 3.63) is 59.4 Å². The minimum Gasteiger partial charge on any atom is -0.356 e. The smallest absolute Gasteiger partial charge is 0.268 e. The van der Waals surface area contributed by atoms with E-state index in [2.05, 4.69) is 10.3 Å². The summed E-state index contributed by atoms with van der Waals surface area (Å²) in [6, 6.07) is 11.2. The largest absolute Gasteiger partial charge is 0.356 e. The lowest BCUT2D eigenvalue weighted by Crippen LogP contribution is -2.26. The third-order valence-electron chi connectivity index (χ3n) is 2.98. The zero-order valence-electron chi connectivity index (χ0n) is 10.9. The molecule has 1 atom stereocenters. The average molecular weight is 256 g/mol. The van der Waals surface area contributed by atoms with Gasteiger partial charge in [-0.3, -0.25) is 9.59 Å². The predicted molar refractivity (Wildman–Crippen MR) is 73.1 cm³/mol. The summed E-state index contributed by atoms with van der Waals surface area (Å²) >= 11 is 0. The van der Waals surface area contributed by atoms with Gasteiger partial charge in [0.2, 0.25) is 0 Å². The summed E-state index contributed by atoms with van der Waals surface area (Å²) in [5.74, 6) is -0.282. The van der Waals surface area contributed by atoms with Crippen LogP contribution in [0.1, 0.15) is 46.3 Å². The molecule has 2 N–H and O–H groups in total. The first-order valence-electron chi connectivity index (χ1n) is 6.13. The van der Waals surface area contributed by atoms with Crippen LogP contribution in [0.25, 0.3) is 0 Å². The van der Waals surface area contributed by atoms with Gasteiger partial charge >= 0.3 is 0 Å². The summed E-state index contributed by atoms with van der Waals surface area (Å²) in [7, 11) is 0. The van der Waals surface area contributed by atoms with Crippen LogP contribution in [0.15, 0.2) is 42.6 Å². The molecule has 0 spiro atoms. The van der Waals surface area contributed by atoms with Crippen molar-refractivity contribution >= 4 is 11.7 Å². The Labute approximate surface area is 111 Å². The summed E-state index contributed by atoms with van der Waals surface area (Å²) in [5, 5.41) is 2.88. The zero-order chi connectivity index (χ0) is 13.8. The Morgan fingerprint density at radius 3 is 2.47 bits per heavy atom. The Balaban J connectivity index is 2.06. The van der Waals surface area contributed by atoms with Crippen molar-refractivity contribution in [1.82, 2.24) is 10.3 Å². The van der Waals surface area contributed by atoms with E-state index in [1.54, 1.807) is 12.3 Å². The van der Waals surface area contributed by atoms with Crippen molar-refractivity contribution < 1.29 is 9.59 Å². The minimum atomic E-state index is -0.219. The SMILES string of the molecule is CC(=O)c1c[nH]c(C(=O)N[C@@H](C)c2ccccc2)c1. The molecule has 0 saturated heterocycles. The Kier molecular flexibility index (Phi) is 3.80. The molecule has 1 aromatic carbocycles. The van der Waals surface area contributed by atoms with Gasteiger partial charge < -0.3 is 10.3 Å². The number of hydrogen-bond donors (Lipinski definition) is 2. The maximum atomic E-state index is 12.0. The van der Waals surface area contributed by atoms with Crippen LogP contribution >= 0.6 is 0 Å². The van der Waals surface area contributed by atoms with Crippen LogP contribution in [-0.2, 0) is 0 Å². The molecule has 2 rings (SSSR count). The number of carbonyl (C=O) groups is 2. The van der Waals surface area contributed by atoms with Crippen molar-refractivity contribution in [1.29, 1.82) is 0 Å². The Morgan fingerprint density at radius 1 is 1.21 bits per heavy atom. The van der Waals surface area contributed by atoms with Crippen molar-refractivity contribution in [3.63, 3.8) is 0 Å². The number of amides is 1. The second-order valence-corrected chi connectivity index (χ2v) is 4.46. The van der Waals surface area contributed by atoms with Gasteiger partial charge in [-0.2, -0.15) is 0 Å². The number of Topliss-reactive ketones (excluding diaryl/α,β-unsaturated/α-hetero) is 1. The number of H-pyrrole nitrogens is 1. The Hall–Kier alpha value is -2.36. The van der Waals surface area contributed by atoms with Gasteiger partial charge in [0.15, 0.2) is 5.78 Å². The summed E-state index contributed by atoms with van der Waals surface area (Å²) in [6.45, 7) is 3.39. The molecule has 4 nitrogen and oxygen atoms in total. The van der Waals surface area contributed by atoms with Crippen LogP contribution in [0.5, 0.6) is 0 Å². The van der Waals surface area contributed by atoms with Crippen molar-refractivity contribution in [2.45, 2.75) is 19.9 Å². The van der Waals surface area contributed by atoms with E-state index in [1.165, 1.54) is 6.92 Å². The van der Waals surface area contributed by atoms with Crippen molar-refractivity contribution in [2.24, 2.45) is 0 Å². The number of carbonyl (C=O) groups excluding carboxylic acids is 2. The molecule has 19 heavy (non-hydrogen) atoms. The minimum absolute atomic E-state index is 0.0635. The first-order chi connectivity index (χ1) is 9.08. The number of nitrogens with one attached hydrogen (secondary N) is 2. The molecule has 0 aliphatic carbocycles. The van der Waals surface area contributed by atoms with Crippen LogP contribution in [-0.4, -0.2) is 16.7 Å². The normalized spacial score (nSPS) is 11.9. The van der Waals surface area contributed by atoms with E-state index in [4.69, 9.17) is 0 Å². The third kappa shape index (κ3) is 3.10. The Bertz CT molecular complexity index is 587. The topological polar surface area (TPSA) is 62.0 Å². The molecule has 4 heteroatoms. The van der Waals surface area contributed by atoms with E-state index in [0.717, 1.165) is 5.56 Å². The quantitative estimate of drug-likeness (QED) is 0.826. The van der Waals surface area contributed by atoms with Crippen LogP contribution in [0.3, 0.4) is 0 Å². The fourth-order valence-corrected chi connectivity index (χ4v) is 1.83. The number of aromatic nitrogens is 1. The summed E-state index contributed by atoms with van der Waals surface area (Å²) in [4.78, 5) is 26.0. The lowest BCUT2D eigenvalue weighted by Gasteiger charge is -2.13. The summed E-state index contributed by atoms with van der Waals surface area (Å²) in [6.07, 6.45) is 1.55. The summed E-state index contributed by atoms with van der Waals surface area (Å²) < 4.78 is 0. The lowest BCUT2D eigenvalue weighted by molar-refractivity contribution is 0.0935. The molecular formula is C15H16N2O2. The molecule has 0 bridgehead atoms. The highest BCUT2D eigenvalue weighted by Gasteiger charge is 2.13. The van der Waals surface area contributed by atoms with E-state index >= 15 is 0 Å². The highest BCUT2D eigenvalue weighted by atomic mass is 16.2. The molecule has 1 aromatic heterocycles. The van der Waals surface area contributed by atoms with E-state index in [9.17, 15) is 9.59 Å². The monoisotopic (exact) mass is 256 g/mol. The van der Waals surface area contributed by atoms with Crippen LogP contribution in [0, 0.1) is 0 Å². The van der Waals surface area contributed by atoms with E-state index in [-0.39, 0.29) is 17.7 Å². The first-order valence-corrected chi connectivity index (χ1v) is 6.13. The molecule has 2 aromatic rings. The van der Waals surface area contributed by atoms with Crippen LogP contribution < -0.4 is 5.32 Å². The highest BCUT2D eigenvalue weighted by Crippen LogP contribution is 2.12. The Morgan fingerprint density at radius 2 is 1.89 bits per heavy atom. The van der Waals surface area contributed by atoms with Gasteiger partial charge in [-0.1, -0.05) is 30.3 Å². The second kappa shape index (κ2) is 5.52. The molecule has 0 radical (unpaired) electrons. The molecule has 98 valence electrons. The fourth-order valence-electron chi connectivity index (χ4n) is 1.83. The van der Waals surface area contributed by atoms with E-state index in [1.807, 2.05) is 37.3 Å². The third-order valence-corrected chi connectivity index (χ3v) is 2.98. The van der Waals surface area contributed by atoms with Crippen molar-refractivity contribution in [3.8, 4) is 0 Å². The molecule has 0 unspecified atom stereocenters. The lowest BCUT2D eigenvalue weighted by atomic mass is 10.1. The van der Waals surface area contributed by atoms with Gasteiger partial charge in [0.1, 0.15) is 5.69 Å². The van der Waals surface area contributed by atoms with Crippen LogP contribution in [0.4, 0.5) is 0 Å². The molecule has 1 heterocycles. The summed E-state index contributed by atoms with van der Waals surface area (Å²) in [5.41, 5.74) is 1.94. The maximum absolute atomic E-state index is 12.0. The van der Waals surface area contributed by atoms with Crippen molar-refractivity contribution in [2.75, 3.05) is 0 Å². The first kappa shape index (κ1) is 13.1. The van der Waals surface area contributed by atoms with Gasteiger partial charge in [-0.05, 0) is 25.5 Å². The number of aromatic amines is 1. The predicted octanol–water partition coefficient (Wildman–Crippen LogP) is 2.71. The number of benzene rings is 1. The van der Waals surface area contributed by atoms with Crippen LogP contribution in [0.2, 0.25) is 0 Å². The number of hydrogen-bond acceptors (Lipinski definition) is 2. The molecule has 0 aliphatic heterocycles. The van der Waals surface area contributed by atoms with Gasteiger partial charge in [0.25, 0.3) is 5.91 Å². The fraction of sp³-hybridized carbons (Fsp3) is 0.200. The van der Waals surface area contributed by atoms with Gasteiger partial charge in [-0.15, -0.1) is 0 Å².